The third kappa shape index (κ3) is 7.91. The maximum atomic E-state index is 14.0. The van der Waals surface area contributed by atoms with Crippen molar-refractivity contribution in [2.45, 2.75) is 57.6 Å². The molecular weight excluding hydrogens is 593 g/mol. The van der Waals surface area contributed by atoms with Gasteiger partial charge in [0.2, 0.25) is 11.8 Å². The van der Waals surface area contributed by atoms with E-state index in [0.29, 0.717) is 32.7 Å². The Kier molecular flexibility index (Phi) is 10.9. The Hall–Kier alpha value is -2.78. The summed E-state index contributed by atoms with van der Waals surface area (Å²) >= 11 is 18.3. The van der Waals surface area contributed by atoms with Gasteiger partial charge in [0.05, 0.1) is 20.6 Å². The molecule has 3 aromatic carbocycles. The Morgan fingerprint density at radius 3 is 2.20 bits per heavy atom. The van der Waals surface area contributed by atoms with Gasteiger partial charge in [-0.2, -0.15) is 0 Å². The predicted molar refractivity (Wildman–Crippen MR) is 162 cm³/mol. The topological polar surface area (TPSA) is 86.8 Å². The minimum atomic E-state index is -4.18. The highest BCUT2D eigenvalue weighted by Crippen LogP contribution is 2.27. The maximum absolute atomic E-state index is 14.0. The summed E-state index contributed by atoms with van der Waals surface area (Å²) in [7, 11) is -4.18. The van der Waals surface area contributed by atoms with Crippen molar-refractivity contribution in [2.75, 3.05) is 10.8 Å². The number of halogens is 3. The van der Waals surface area contributed by atoms with Gasteiger partial charge in [-0.25, -0.2) is 8.42 Å². The van der Waals surface area contributed by atoms with Crippen molar-refractivity contribution in [2.24, 2.45) is 0 Å². The zero-order chi connectivity index (χ0) is 29.6. The van der Waals surface area contributed by atoms with Crippen LogP contribution in [0, 0.1) is 6.92 Å². The van der Waals surface area contributed by atoms with E-state index in [1.807, 2.05) is 26.8 Å². The molecule has 0 saturated carbocycles. The number of aryl methyl sites for hydroxylation is 1. The summed E-state index contributed by atoms with van der Waals surface area (Å²) in [5.41, 5.74) is 1.76. The van der Waals surface area contributed by atoms with Crippen LogP contribution in [0.3, 0.4) is 0 Å². The summed E-state index contributed by atoms with van der Waals surface area (Å²) in [6, 6.07) is 16.5. The van der Waals surface area contributed by atoms with Crippen molar-refractivity contribution in [1.29, 1.82) is 0 Å². The molecule has 40 heavy (non-hydrogen) atoms. The average molecular weight is 625 g/mol. The lowest BCUT2D eigenvalue weighted by Crippen LogP contribution is -2.52. The lowest BCUT2D eigenvalue weighted by atomic mass is 10.1. The van der Waals surface area contributed by atoms with Gasteiger partial charge in [0.15, 0.2) is 0 Å². The SMILES string of the molecule is CCC(C)NC(=O)C(C)N(Cc1ccc(Cl)c(Cl)c1)C(=O)CN(c1cccc(C)c1)S(=O)(=O)c1ccc(Cl)cc1. The number of anilines is 1. The van der Waals surface area contributed by atoms with Crippen LogP contribution in [0.15, 0.2) is 71.6 Å². The first kappa shape index (κ1) is 31.7. The Labute approximate surface area is 251 Å². The molecule has 0 heterocycles. The van der Waals surface area contributed by atoms with Crippen LogP contribution in [0.5, 0.6) is 0 Å². The number of amides is 2. The van der Waals surface area contributed by atoms with Crippen LogP contribution < -0.4 is 9.62 Å². The van der Waals surface area contributed by atoms with Crippen molar-refractivity contribution in [1.82, 2.24) is 10.2 Å². The van der Waals surface area contributed by atoms with Gasteiger partial charge in [-0.1, -0.05) is 59.9 Å². The second kappa shape index (κ2) is 13.7. The average Bonchev–Trinajstić information content (AvgIpc) is 2.91. The summed E-state index contributed by atoms with van der Waals surface area (Å²) in [6.45, 7) is 6.71. The number of hydrogen-bond donors (Lipinski definition) is 1. The lowest BCUT2D eigenvalue weighted by Gasteiger charge is -2.32. The van der Waals surface area contributed by atoms with Gasteiger partial charge in [-0.3, -0.25) is 13.9 Å². The summed E-state index contributed by atoms with van der Waals surface area (Å²) in [4.78, 5) is 28.4. The van der Waals surface area contributed by atoms with E-state index in [4.69, 9.17) is 34.8 Å². The van der Waals surface area contributed by atoms with Crippen LogP contribution in [0.1, 0.15) is 38.3 Å². The minimum Gasteiger partial charge on any atom is -0.352 e. The van der Waals surface area contributed by atoms with Gasteiger partial charge >= 0.3 is 0 Å². The first-order valence-electron chi connectivity index (χ1n) is 12.7. The van der Waals surface area contributed by atoms with Crippen molar-refractivity contribution in [3.63, 3.8) is 0 Å². The van der Waals surface area contributed by atoms with Crippen LogP contribution in [-0.2, 0) is 26.2 Å². The number of nitrogens with zero attached hydrogens (tertiary/aromatic N) is 2. The molecule has 214 valence electrons. The molecule has 7 nitrogen and oxygen atoms in total. The van der Waals surface area contributed by atoms with E-state index in [1.165, 1.54) is 29.2 Å². The molecule has 2 unspecified atom stereocenters. The van der Waals surface area contributed by atoms with Crippen LogP contribution in [-0.4, -0.2) is 43.8 Å². The summed E-state index contributed by atoms with van der Waals surface area (Å²) in [6.07, 6.45) is 0.708. The van der Waals surface area contributed by atoms with Gasteiger partial charge < -0.3 is 10.2 Å². The number of carbonyl (C=O) groups is 2. The summed E-state index contributed by atoms with van der Waals surface area (Å²) in [5.74, 6) is -0.928. The van der Waals surface area contributed by atoms with Crippen LogP contribution in [0.4, 0.5) is 5.69 Å². The molecule has 1 N–H and O–H groups in total. The smallest absolute Gasteiger partial charge is 0.264 e. The summed E-state index contributed by atoms with van der Waals surface area (Å²) in [5, 5.41) is 3.93. The molecule has 0 aliphatic rings. The van der Waals surface area contributed by atoms with Gasteiger partial charge in [-0.05, 0) is 86.8 Å². The zero-order valence-electron chi connectivity index (χ0n) is 22.7. The Morgan fingerprint density at radius 2 is 1.60 bits per heavy atom. The van der Waals surface area contributed by atoms with E-state index in [0.717, 1.165) is 9.87 Å². The fourth-order valence-corrected chi connectivity index (χ4v) is 5.78. The number of carbonyl (C=O) groups excluding carboxylic acids is 2. The molecule has 11 heteroatoms. The third-order valence-corrected chi connectivity index (χ3v) is 9.25. The molecule has 2 amide bonds. The number of nitrogens with one attached hydrogen (secondary N) is 1. The lowest BCUT2D eigenvalue weighted by molar-refractivity contribution is -0.139. The van der Waals surface area contributed by atoms with E-state index < -0.39 is 28.5 Å². The molecule has 0 saturated heterocycles. The Balaban J connectivity index is 2.04. The number of rotatable bonds is 11. The molecule has 0 aromatic heterocycles. The van der Waals surface area contributed by atoms with Crippen molar-refractivity contribution in [3.05, 3.63) is 92.9 Å². The molecule has 0 spiro atoms. The second-order valence-corrected chi connectivity index (χ2v) is 12.7. The van der Waals surface area contributed by atoms with Gasteiger partial charge in [0.25, 0.3) is 10.0 Å². The number of sulfonamides is 1. The quantitative estimate of drug-likeness (QED) is 0.265. The monoisotopic (exact) mass is 623 g/mol. The van der Waals surface area contributed by atoms with Gasteiger partial charge in [0, 0.05) is 17.6 Å². The van der Waals surface area contributed by atoms with E-state index in [2.05, 4.69) is 5.32 Å². The van der Waals surface area contributed by atoms with Gasteiger partial charge in [-0.15, -0.1) is 0 Å². The van der Waals surface area contributed by atoms with Crippen molar-refractivity contribution in [3.8, 4) is 0 Å². The van der Waals surface area contributed by atoms with Crippen molar-refractivity contribution < 1.29 is 18.0 Å². The molecule has 3 aromatic rings. The fraction of sp³-hybridized carbons (Fsp3) is 0.310. The minimum absolute atomic E-state index is 0.00741. The first-order chi connectivity index (χ1) is 18.8. The van der Waals surface area contributed by atoms with Gasteiger partial charge in [0.1, 0.15) is 12.6 Å². The highest BCUT2D eigenvalue weighted by molar-refractivity contribution is 7.92. The molecule has 0 aliphatic carbocycles. The van der Waals surface area contributed by atoms with E-state index in [1.54, 1.807) is 43.3 Å². The predicted octanol–water partition coefficient (Wildman–Crippen LogP) is 6.48. The molecular formula is C29H32Cl3N3O4S. The Bertz CT molecular complexity index is 1470. The highest BCUT2D eigenvalue weighted by atomic mass is 35.5. The third-order valence-electron chi connectivity index (χ3n) is 6.48. The molecule has 0 radical (unpaired) electrons. The normalized spacial score (nSPS) is 12.9. The highest BCUT2D eigenvalue weighted by Gasteiger charge is 2.33. The largest absolute Gasteiger partial charge is 0.352 e. The number of benzene rings is 3. The molecule has 0 fully saturated rings. The second-order valence-electron chi connectivity index (χ2n) is 9.57. The van der Waals surface area contributed by atoms with Crippen molar-refractivity contribution >= 4 is 62.3 Å². The Morgan fingerprint density at radius 1 is 0.925 bits per heavy atom. The number of hydrogen-bond acceptors (Lipinski definition) is 4. The van der Waals surface area contributed by atoms with Crippen LogP contribution >= 0.6 is 34.8 Å². The maximum Gasteiger partial charge on any atom is 0.264 e. The fourth-order valence-electron chi connectivity index (χ4n) is 3.93. The van der Waals surface area contributed by atoms with E-state index >= 15 is 0 Å². The van der Waals surface area contributed by atoms with Crippen LogP contribution in [0.25, 0.3) is 0 Å². The van der Waals surface area contributed by atoms with E-state index in [-0.39, 0.29) is 23.4 Å². The molecule has 0 bridgehead atoms. The molecule has 0 aliphatic heterocycles. The zero-order valence-corrected chi connectivity index (χ0v) is 25.8. The van der Waals surface area contributed by atoms with Crippen LogP contribution in [0.2, 0.25) is 15.1 Å². The standard InChI is InChI=1S/C29H32Cl3N3O4S/c1-5-20(3)33-29(37)21(4)34(17-22-9-14-26(31)27(32)16-22)28(36)18-35(24-8-6-7-19(2)15-24)40(38,39)25-12-10-23(30)11-13-25/h6-16,20-21H,5,17-18H2,1-4H3,(H,33,37). The molecule has 3 rings (SSSR count). The first-order valence-corrected chi connectivity index (χ1v) is 15.3. The summed E-state index contributed by atoms with van der Waals surface area (Å²) < 4.78 is 28.7. The molecule has 2 atom stereocenters. The van der Waals surface area contributed by atoms with E-state index in [9.17, 15) is 18.0 Å².